The molecule has 2 fully saturated rings. The minimum atomic E-state index is -0.813. The number of allylic oxidation sites excluding steroid dienone is 2. The van der Waals surface area contributed by atoms with Crippen LogP contribution in [0.5, 0.6) is 0 Å². The number of imide groups is 1. The molecule has 10 nitrogen and oxygen atoms in total. The molecule has 4 aromatic rings. The quantitative estimate of drug-likeness (QED) is 0.0531. The number of esters is 1. The Morgan fingerprint density at radius 1 is 0.957 bits per heavy atom. The number of benzene rings is 3. The van der Waals surface area contributed by atoms with E-state index >= 15 is 0 Å². The van der Waals surface area contributed by atoms with Crippen LogP contribution in [0.1, 0.15) is 32.7 Å². The average molecular weight is 656 g/mol. The lowest BCUT2D eigenvalue weighted by molar-refractivity contribution is -0.384. The van der Waals surface area contributed by atoms with Gasteiger partial charge in [-0.3, -0.25) is 29.4 Å². The Morgan fingerprint density at radius 2 is 1.61 bits per heavy atom. The predicted octanol–water partition coefficient (Wildman–Crippen LogP) is 6.78. The number of anilines is 1. The minimum absolute atomic E-state index is 0.0330. The molecule has 0 spiro atoms. The molecule has 2 amide bonds. The lowest BCUT2D eigenvalue weighted by Crippen LogP contribution is -2.32. The molecular weight excluding hydrogens is 633 g/mol. The molecule has 2 aliphatic carbocycles. The summed E-state index contributed by atoms with van der Waals surface area (Å²) in [5.41, 5.74) is 2.19. The molecule has 3 aliphatic rings. The Hall–Kier alpha value is -4.93. The van der Waals surface area contributed by atoms with E-state index in [-0.39, 0.29) is 51.6 Å². The summed E-state index contributed by atoms with van der Waals surface area (Å²) in [6.07, 6.45) is 4.94. The first-order valence-electron chi connectivity index (χ1n) is 14.4. The number of halogens is 2. The van der Waals surface area contributed by atoms with Crippen LogP contribution in [-0.2, 0) is 14.3 Å². The highest BCUT2D eigenvalue weighted by molar-refractivity contribution is 6.33. The van der Waals surface area contributed by atoms with Crippen molar-refractivity contribution in [3.05, 3.63) is 110 Å². The molecule has 230 valence electrons. The van der Waals surface area contributed by atoms with Gasteiger partial charge in [-0.1, -0.05) is 53.6 Å². The molecule has 1 aliphatic heterocycles. The van der Waals surface area contributed by atoms with Gasteiger partial charge in [-0.25, -0.2) is 9.78 Å². The van der Waals surface area contributed by atoms with E-state index in [0.717, 1.165) is 12.5 Å². The van der Waals surface area contributed by atoms with E-state index in [1.807, 2.05) is 12.2 Å². The van der Waals surface area contributed by atoms with Gasteiger partial charge < -0.3 is 4.74 Å². The van der Waals surface area contributed by atoms with Crippen molar-refractivity contribution < 1.29 is 28.8 Å². The summed E-state index contributed by atoms with van der Waals surface area (Å²) in [5, 5.41) is 12.0. The van der Waals surface area contributed by atoms with Crippen molar-refractivity contribution in [3.63, 3.8) is 0 Å². The molecule has 1 saturated carbocycles. The highest BCUT2D eigenvalue weighted by Gasteiger charge is 2.59. The maximum absolute atomic E-state index is 13.4. The van der Waals surface area contributed by atoms with Gasteiger partial charge in [0.05, 0.1) is 39.2 Å². The van der Waals surface area contributed by atoms with Crippen molar-refractivity contribution in [2.24, 2.45) is 23.7 Å². The van der Waals surface area contributed by atoms with Crippen LogP contribution in [0.2, 0.25) is 10.0 Å². The third kappa shape index (κ3) is 4.76. The summed E-state index contributed by atoms with van der Waals surface area (Å²) in [5.74, 6) is -2.24. The smallest absolute Gasteiger partial charge is 0.339 e. The van der Waals surface area contributed by atoms with Crippen LogP contribution in [0.15, 0.2) is 72.8 Å². The van der Waals surface area contributed by atoms with Gasteiger partial charge in [0.2, 0.25) is 17.6 Å². The molecule has 1 saturated heterocycles. The van der Waals surface area contributed by atoms with Crippen molar-refractivity contribution in [2.75, 3.05) is 11.5 Å². The Balaban J connectivity index is 1.17. The maximum Gasteiger partial charge on any atom is 0.339 e. The number of carbonyl (C=O) groups excluding carboxylic acids is 4. The van der Waals surface area contributed by atoms with E-state index < -0.39 is 29.0 Å². The van der Waals surface area contributed by atoms with Crippen LogP contribution in [0.4, 0.5) is 11.4 Å². The maximum atomic E-state index is 13.4. The first kappa shape index (κ1) is 29.8. The van der Waals surface area contributed by atoms with Gasteiger partial charge in [-0.05, 0) is 67.1 Å². The van der Waals surface area contributed by atoms with Crippen LogP contribution in [-0.4, -0.2) is 40.1 Å². The largest absolute Gasteiger partial charge is 0.454 e. The minimum Gasteiger partial charge on any atom is -0.454 e. The van der Waals surface area contributed by atoms with Gasteiger partial charge in [0.15, 0.2) is 6.61 Å². The second-order valence-corrected chi connectivity index (χ2v) is 12.4. The number of aromatic nitrogens is 1. The fraction of sp³-hybridized carbons (Fsp3) is 0.206. The molecule has 1 aromatic heterocycles. The average Bonchev–Trinajstić information content (AvgIpc) is 3.74. The van der Waals surface area contributed by atoms with Gasteiger partial charge in [0.1, 0.15) is 5.02 Å². The third-order valence-electron chi connectivity index (χ3n) is 9.08. The Morgan fingerprint density at radius 3 is 2.26 bits per heavy atom. The zero-order valence-electron chi connectivity index (χ0n) is 24.1. The number of nitro groups is 1. The molecule has 4 unspecified atom stereocenters. The number of ketones is 1. The number of carbonyl (C=O) groups is 4. The fourth-order valence-electron chi connectivity index (χ4n) is 6.78. The molecule has 3 aromatic carbocycles. The number of fused-ring (bicyclic) bond motifs is 6. The number of aryl methyl sites for hydroxylation is 1. The number of hydrogen-bond acceptors (Lipinski definition) is 8. The Bertz CT molecular complexity index is 2030. The number of hydrogen-bond donors (Lipinski definition) is 0. The fourth-order valence-corrected chi connectivity index (χ4v) is 7.12. The highest BCUT2D eigenvalue weighted by atomic mass is 35.5. The molecule has 0 radical (unpaired) electrons. The summed E-state index contributed by atoms with van der Waals surface area (Å²) >= 11 is 12.2. The van der Waals surface area contributed by atoms with Crippen LogP contribution in [0, 0.1) is 40.7 Å². The van der Waals surface area contributed by atoms with E-state index in [1.54, 1.807) is 43.3 Å². The second kappa shape index (κ2) is 11.1. The van der Waals surface area contributed by atoms with E-state index in [1.165, 1.54) is 23.1 Å². The number of amides is 2. The normalized spacial score (nSPS) is 21.2. The van der Waals surface area contributed by atoms with E-state index in [9.17, 15) is 29.3 Å². The predicted molar refractivity (Wildman–Crippen MR) is 170 cm³/mol. The van der Waals surface area contributed by atoms with Gasteiger partial charge in [0.25, 0.3) is 5.69 Å². The van der Waals surface area contributed by atoms with Crippen molar-refractivity contribution in [3.8, 4) is 11.3 Å². The summed E-state index contributed by atoms with van der Waals surface area (Å²) in [4.78, 5) is 69.3. The van der Waals surface area contributed by atoms with Crippen LogP contribution >= 0.6 is 23.2 Å². The number of nitro benzene ring substituents is 1. The van der Waals surface area contributed by atoms with Gasteiger partial charge in [-0.2, -0.15) is 0 Å². The number of pyridine rings is 1. The first-order chi connectivity index (χ1) is 22.0. The standard InChI is InChI=1S/C34H23Cl2N3O7/c1-16-24(35)11-9-22-23(34(43)46-15-28(40)18-6-10-25(36)27(13-18)39(44)45)14-26(37-31(16)22)17-4-7-21(8-5-17)38-32(41)29-19-2-3-20(12-19)30(29)33(38)42/h2-11,13-14,19-20,29-30H,12,15H2,1H3. The molecule has 2 heterocycles. The number of Topliss-reactive ketones (excluding diaryl/α,β-unsaturated/α-hetero) is 1. The van der Waals surface area contributed by atoms with Crippen LogP contribution in [0.3, 0.4) is 0 Å². The number of nitrogens with zero attached hydrogens (tertiary/aromatic N) is 3. The number of ether oxygens (including phenoxy) is 1. The lowest BCUT2D eigenvalue weighted by Gasteiger charge is -2.18. The lowest BCUT2D eigenvalue weighted by atomic mass is 9.85. The molecule has 46 heavy (non-hydrogen) atoms. The summed E-state index contributed by atoms with van der Waals surface area (Å²) in [6.45, 7) is 1.09. The SMILES string of the molecule is Cc1c(Cl)ccc2c(C(=O)OCC(=O)c3ccc(Cl)c([N+](=O)[O-])c3)cc(-c3ccc(N4C(=O)C5C6C=CC(C6)C5C4=O)cc3)nc12. The highest BCUT2D eigenvalue weighted by Crippen LogP contribution is 2.53. The first-order valence-corrected chi connectivity index (χ1v) is 15.2. The van der Waals surface area contributed by atoms with Crippen LogP contribution < -0.4 is 4.90 Å². The summed E-state index contributed by atoms with van der Waals surface area (Å²) in [6, 6.07) is 15.2. The number of rotatable bonds is 7. The van der Waals surface area contributed by atoms with Crippen LogP contribution in [0.25, 0.3) is 22.2 Å². The third-order valence-corrected chi connectivity index (χ3v) is 9.81. The zero-order valence-corrected chi connectivity index (χ0v) is 25.6. The second-order valence-electron chi connectivity index (χ2n) is 11.6. The molecule has 4 atom stereocenters. The van der Waals surface area contributed by atoms with Crippen molar-refractivity contribution in [1.29, 1.82) is 0 Å². The monoisotopic (exact) mass is 655 g/mol. The Kier molecular flexibility index (Phi) is 7.21. The molecular formula is C34H23Cl2N3O7. The van der Waals surface area contributed by atoms with E-state index in [0.29, 0.717) is 38.4 Å². The molecule has 0 N–H and O–H groups in total. The Labute approximate surface area is 271 Å². The molecule has 12 heteroatoms. The van der Waals surface area contributed by atoms with Crippen molar-refractivity contribution in [1.82, 2.24) is 4.98 Å². The van der Waals surface area contributed by atoms with E-state index in [2.05, 4.69) is 0 Å². The summed E-state index contributed by atoms with van der Waals surface area (Å²) < 4.78 is 5.37. The van der Waals surface area contributed by atoms with Gasteiger partial charge in [-0.15, -0.1) is 0 Å². The van der Waals surface area contributed by atoms with Crippen molar-refractivity contribution >= 4 is 69.0 Å². The topological polar surface area (TPSA) is 137 Å². The van der Waals surface area contributed by atoms with Gasteiger partial charge in [0, 0.05) is 27.6 Å². The molecule has 7 rings (SSSR count). The summed E-state index contributed by atoms with van der Waals surface area (Å²) in [7, 11) is 0. The van der Waals surface area contributed by atoms with Crippen molar-refractivity contribution in [2.45, 2.75) is 13.3 Å². The molecule has 2 bridgehead atoms. The van der Waals surface area contributed by atoms with E-state index in [4.69, 9.17) is 32.9 Å². The zero-order chi connectivity index (χ0) is 32.4. The van der Waals surface area contributed by atoms with Gasteiger partial charge >= 0.3 is 5.97 Å².